The third-order valence-corrected chi connectivity index (χ3v) is 1.79. The molecule has 0 aromatic carbocycles. The average Bonchev–Trinajstić information content (AvgIpc) is 2.08. The Kier molecular flexibility index (Phi) is 2.97. The maximum atomic E-state index is 10.8. The minimum atomic E-state index is -0.480. The summed E-state index contributed by atoms with van der Waals surface area (Å²) in [5.74, 6) is -0.0757. The zero-order chi connectivity index (χ0) is 9.84. The Hall–Kier alpha value is -1.42. The second kappa shape index (κ2) is 4.00. The number of carbonyl (C=O) groups excluding carboxylic acids is 1. The van der Waals surface area contributed by atoms with Crippen molar-refractivity contribution < 1.29 is 9.90 Å². The molecule has 1 heterocycles. The lowest BCUT2D eigenvalue weighted by Gasteiger charge is -2.06. The molecule has 13 heavy (non-hydrogen) atoms. The van der Waals surface area contributed by atoms with Crippen LogP contribution in [0.2, 0.25) is 0 Å². The fraction of sp³-hybridized carbons (Fsp3) is 0.333. The van der Waals surface area contributed by atoms with Crippen molar-refractivity contribution in [3.05, 3.63) is 23.9 Å². The number of pyridine rings is 1. The number of nitrogens with two attached hydrogens (primary N) is 1. The molecule has 0 aliphatic carbocycles. The van der Waals surface area contributed by atoms with Gasteiger partial charge in [0.15, 0.2) is 0 Å². The Morgan fingerprint density at radius 3 is 2.85 bits per heavy atom. The van der Waals surface area contributed by atoms with Gasteiger partial charge in [-0.15, -0.1) is 0 Å². The van der Waals surface area contributed by atoms with Gasteiger partial charge >= 0.3 is 0 Å². The fourth-order valence-corrected chi connectivity index (χ4v) is 0.935. The smallest absolute Gasteiger partial charge is 0.210 e. The van der Waals surface area contributed by atoms with E-state index in [1.54, 1.807) is 6.07 Å². The molecule has 1 aromatic heterocycles. The molecule has 4 heteroatoms. The van der Waals surface area contributed by atoms with Gasteiger partial charge < -0.3 is 10.8 Å². The first-order valence-electron chi connectivity index (χ1n) is 3.99. The Balaban J connectivity index is 2.64. The normalized spacial score (nSPS) is 12.5. The lowest BCUT2D eigenvalue weighted by Crippen LogP contribution is -2.30. The first kappa shape index (κ1) is 9.67. The minimum absolute atomic E-state index is 0.0276. The SMILES string of the molecule is CC(=O)[C@@H](N)Cc1ccc(O)nc1. The van der Waals surface area contributed by atoms with Gasteiger partial charge in [-0.1, -0.05) is 6.07 Å². The number of Topliss-reactive ketones (excluding diaryl/α,β-unsaturated/α-hetero) is 1. The van der Waals surface area contributed by atoms with Gasteiger partial charge in [0, 0.05) is 12.3 Å². The second-order valence-corrected chi connectivity index (χ2v) is 2.95. The zero-order valence-corrected chi connectivity index (χ0v) is 7.40. The van der Waals surface area contributed by atoms with Gasteiger partial charge in [-0.3, -0.25) is 4.79 Å². The van der Waals surface area contributed by atoms with E-state index in [1.165, 1.54) is 19.2 Å². The van der Waals surface area contributed by atoms with Gasteiger partial charge in [0.1, 0.15) is 5.78 Å². The van der Waals surface area contributed by atoms with Crippen LogP contribution >= 0.6 is 0 Å². The van der Waals surface area contributed by atoms with Crippen molar-refractivity contribution in [2.75, 3.05) is 0 Å². The summed E-state index contributed by atoms with van der Waals surface area (Å²) in [6, 6.07) is 2.69. The zero-order valence-electron chi connectivity index (χ0n) is 7.40. The topological polar surface area (TPSA) is 76.2 Å². The quantitative estimate of drug-likeness (QED) is 0.698. The molecule has 1 aromatic rings. The molecule has 0 unspecified atom stereocenters. The van der Waals surface area contributed by atoms with Crippen LogP contribution < -0.4 is 5.73 Å². The largest absolute Gasteiger partial charge is 0.493 e. The van der Waals surface area contributed by atoms with E-state index >= 15 is 0 Å². The number of ketones is 1. The van der Waals surface area contributed by atoms with Crippen molar-refractivity contribution in [3.63, 3.8) is 0 Å². The molecule has 0 spiro atoms. The highest BCUT2D eigenvalue weighted by molar-refractivity contribution is 5.81. The van der Waals surface area contributed by atoms with Crippen LogP contribution in [-0.2, 0) is 11.2 Å². The summed E-state index contributed by atoms with van der Waals surface area (Å²) in [4.78, 5) is 14.5. The maximum absolute atomic E-state index is 10.8. The number of aromatic hydroxyl groups is 1. The number of hydrogen-bond acceptors (Lipinski definition) is 4. The Morgan fingerprint density at radius 1 is 1.69 bits per heavy atom. The van der Waals surface area contributed by atoms with Crippen LogP contribution in [0.5, 0.6) is 5.88 Å². The fourth-order valence-electron chi connectivity index (χ4n) is 0.935. The third kappa shape index (κ3) is 2.83. The lowest BCUT2D eigenvalue weighted by molar-refractivity contribution is -0.118. The van der Waals surface area contributed by atoms with E-state index in [2.05, 4.69) is 4.98 Å². The molecule has 4 nitrogen and oxygen atoms in total. The monoisotopic (exact) mass is 180 g/mol. The highest BCUT2D eigenvalue weighted by atomic mass is 16.3. The molecule has 0 radical (unpaired) electrons. The molecule has 0 saturated carbocycles. The Morgan fingerprint density at radius 2 is 2.38 bits per heavy atom. The van der Waals surface area contributed by atoms with Crippen molar-refractivity contribution in [1.82, 2.24) is 4.98 Å². The van der Waals surface area contributed by atoms with Gasteiger partial charge in [-0.2, -0.15) is 0 Å². The standard InChI is InChI=1S/C9H12N2O2/c1-6(12)8(10)4-7-2-3-9(13)11-5-7/h2-3,5,8H,4,10H2,1H3,(H,11,13)/t8-/m0/s1. The first-order valence-corrected chi connectivity index (χ1v) is 3.99. The number of aromatic nitrogens is 1. The summed E-state index contributed by atoms with van der Waals surface area (Å²) in [7, 11) is 0. The van der Waals surface area contributed by atoms with Crippen molar-refractivity contribution in [2.24, 2.45) is 5.73 Å². The molecule has 1 rings (SSSR count). The Labute approximate surface area is 76.4 Å². The van der Waals surface area contributed by atoms with Crippen LogP contribution in [0.3, 0.4) is 0 Å². The van der Waals surface area contributed by atoms with Crippen LogP contribution in [0.25, 0.3) is 0 Å². The summed E-state index contributed by atoms with van der Waals surface area (Å²) in [5.41, 5.74) is 6.39. The highest BCUT2D eigenvalue weighted by Crippen LogP contribution is 2.06. The van der Waals surface area contributed by atoms with E-state index in [-0.39, 0.29) is 11.7 Å². The summed E-state index contributed by atoms with van der Waals surface area (Å²) < 4.78 is 0. The van der Waals surface area contributed by atoms with Gasteiger partial charge in [-0.05, 0) is 18.9 Å². The third-order valence-electron chi connectivity index (χ3n) is 1.79. The molecule has 0 fully saturated rings. The van der Waals surface area contributed by atoms with Crippen LogP contribution in [0, 0.1) is 0 Å². The summed E-state index contributed by atoms with van der Waals surface area (Å²) in [6.07, 6.45) is 1.97. The van der Waals surface area contributed by atoms with Gasteiger partial charge in [0.25, 0.3) is 0 Å². The number of nitrogens with zero attached hydrogens (tertiary/aromatic N) is 1. The molecule has 0 aliphatic heterocycles. The van der Waals surface area contributed by atoms with E-state index in [1.807, 2.05) is 0 Å². The molecule has 3 N–H and O–H groups in total. The predicted molar refractivity (Wildman–Crippen MR) is 48.3 cm³/mol. The maximum Gasteiger partial charge on any atom is 0.210 e. The molecule has 1 atom stereocenters. The molecule has 0 aliphatic rings. The van der Waals surface area contributed by atoms with E-state index in [0.717, 1.165) is 5.56 Å². The van der Waals surface area contributed by atoms with Crippen LogP contribution in [0.4, 0.5) is 0 Å². The number of carbonyl (C=O) groups is 1. The molecule has 0 saturated heterocycles. The minimum Gasteiger partial charge on any atom is -0.493 e. The van der Waals surface area contributed by atoms with Crippen LogP contribution in [-0.4, -0.2) is 21.9 Å². The second-order valence-electron chi connectivity index (χ2n) is 2.95. The van der Waals surface area contributed by atoms with Crippen LogP contribution in [0.15, 0.2) is 18.3 Å². The van der Waals surface area contributed by atoms with E-state index < -0.39 is 6.04 Å². The molecular weight excluding hydrogens is 168 g/mol. The summed E-state index contributed by atoms with van der Waals surface area (Å²) >= 11 is 0. The number of hydrogen-bond donors (Lipinski definition) is 2. The Bertz CT molecular complexity index is 295. The average molecular weight is 180 g/mol. The van der Waals surface area contributed by atoms with Crippen molar-refractivity contribution in [3.8, 4) is 5.88 Å². The summed E-state index contributed by atoms with van der Waals surface area (Å²) in [5, 5.41) is 8.89. The summed E-state index contributed by atoms with van der Waals surface area (Å²) in [6.45, 7) is 1.46. The molecular formula is C9H12N2O2. The van der Waals surface area contributed by atoms with Crippen molar-refractivity contribution in [1.29, 1.82) is 0 Å². The molecule has 0 bridgehead atoms. The van der Waals surface area contributed by atoms with Crippen LogP contribution in [0.1, 0.15) is 12.5 Å². The molecule has 70 valence electrons. The lowest BCUT2D eigenvalue weighted by atomic mass is 10.1. The van der Waals surface area contributed by atoms with Gasteiger partial charge in [0.05, 0.1) is 6.04 Å². The molecule has 0 amide bonds. The highest BCUT2D eigenvalue weighted by Gasteiger charge is 2.08. The van der Waals surface area contributed by atoms with Crippen molar-refractivity contribution in [2.45, 2.75) is 19.4 Å². The van der Waals surface area contributed by atoms with E-state index in [0.29, 0.717) is 6.42 Å². The predicted octanol–water partition coefficient (Wildman–Crippen LogP) is 0.246. The number of rotatable bonds is 3. The van der Waals surface area contributed by atoms with Crippen molar-refractivity contribution >= 4 is 5.78 Å². The van der Waals surface area contributed by atoms with Gasteiger partial charge in [-0.25, -0.2) is 4.98 Å². The van der Waals surface area contributed by atoms with Gasteiger partial charge in [0.2, 0.25) is 5.88 Å². The first-order chi connectivity index (χ1) is 6.09. The van der Waals surface area contributed by atoms with E-state index in [4.69, 9.17) is 10.8 Å². The van der Waals surface area contributed by atoms with E-state index in [9.17, 15) is 4.79 Å².